The molecule has 4 nitrogen and oxygen atoms in total. The SMILES string of the molecule is Cc1cccc(CC(=O)CCN2CC[C@@H](Cl)[C@@H]2CC=CCCCC(=O)O)c1. The maximum absolute atomic E-state index is 12.3. The van der Waals surface area contributed by atoms with Crippen LogP contribution in [0.4, 0.5) is 0 Å². The lowest BCUT2D eigenvalue weighted by molar-refractivity contribution is -0.137. The molecule has 1 aliphatic heterocycles. The number of aliphatic carboxylic acids is 1. The summed E-state index contributed by atoms with van der Waals surface area (Å²) in [5, 5.41) is 8.76. The second-order valence-electron chi connectivity index (χ2n) is 7.36. The first-order chi connectivity index (χ1) is 13.0. The van der Waals surface area contributed by atoms with E-state index in [1.807, 2.05) is 31.2 Å². The summed E-state index contributed by atoms with van der Waals surface area (Å²) >= 11 is 6.48. The van der Waals surface area contributed by atoms with Crippen molar-refractivity contribution in [2.45, 2.75) is 63.3 Å². The van der Waals surface area contributed by atoms with Crippen LogP contribution < -0.4 is 0 Å². The van der Waals surface area contributed by atoms with E-state index in [1.54, 1.807) is 0 Å². The third-order valence-corrected chi connectivity index (χ3v) is 5.55. The molecule has 148 valence electrons. The van der Waals surface area contributed by atoms with Crippen LogP contribution in [0.5, 0.6) is 0 Å². The summed E-state index contributed by atoms with van der Waals surface area (Å²) in [5.41, 5.74) is 2.26. The van der Waals surface area contributed by atoms with E-state index < -0.39 is 5.97 Å². The Bertz CT molecular complexity index is 659. The van der Waals surface area contributed by atoms with Gasteiger partial charge in [0.1, 0.15) is 5.78 Å². The first kappa shape index (κ1) is 21.6. The van der Waals surface area contributed by atoms with Gasteiger partial charge in [0.2, 0.25) is 0 Å². The second kappa shape index (κ2) is 11.3. The second-order valence-corrected chi connectivity index (χ2v) is 7.92. The molecule has 1 heterocycles. The fourth-order valence-corrected chi connectivity index (χ4v) is 3.94. The first-order valence-corrected chi connectivity index (χ1v) is 10.2. The van der Waals surface area contributed by atoms with Gasteiger partial charge >= 0.3 is 5.97 Å². The van der Waals surface area contributed by atoms with Crippen molar-refractivity contribution in [3.8, 4) is 0 Å². The van der Waals surface area contributed by atoms with Crippen molar-refractivity contribution >= 4 is 23.4 Å². The van der Waals surface area contributed by atoms with Crippen LogP contribution in [-0.4, -0.2) is 46.3 Å². The lowest BCUT2D eigenvalue weighted by Crippen LogP contribution is -2.34. The third kappa shape index (κ3) is 7.86. The quantitative estimate of drug-likeness (QED) is 0.345. The number of benzene rings is 1. The van der Waals surface area contributed by atoms with Gasteiger partial charge in [0.05, 0.1) is 5.38 Å². The van der Waals surface area contributed by atoms with Crippen molar-refractivity contribution in [3.63, 3.8) is 0 Å². The van der Waals surface area contributed by atoms with Gasteiger partial charge in [-0.1, -0.05) is 42.0 Å². The Morgan fingerprint density at radius 2 is 2.11 bits per heavy atom. The van der Waals surface area contributed by atoms with Gasteiger partial charge in [0, 0.05) is 31.8 Å². The number of carbonyl (C=O) groups is 2. The number of carboxylic acids is 1. The summed E-state index contributed by atoms with van der Waals surface area (Å²) in [6.07, 6.45) is 8.66. The van der Waals surface area contributed by atoms with E-state index in [2.05, 4.69) is 17.0 Å². The Kier molecular flexibility index (Phi) is 9.02. The topological polar surface area (TPSA) is 57.6 Å². The van der Waals surface area contributed by atoms with E-state index in [0.29, 0.717) is 19.3 Å². The van der Waals surface area contributed by atoms with Crippen LogP contribution in [0.25, 0.3) is 0 Å². The Hall–Kier alpha value is -1.65. The van der Waals surface area contributed by atoms with Gasteiger partial charge in [-0.3, -0.25) is 14.5 Å². The van der Waals surface area contributed by atoms with Crippen molar-refractivity contribution < 1.29 is 14.7 Å². The monoisotopic (exact) mass is 391 g/mol. The smallest absolute Gasteiger partial charge is 0.303 e. The lowest BCUT2D eigenvalue weighted by Gasteiger charge is -2.24. The Labute approximate surface area is 167 Å². The predicted molar refractivity (Wildman–Crippen MR) is 109 cm³/mol. The molecular formula is C22H30ClNO3. The minimum absolute atomic E-state index is 0.112. The molecule has 0 radical (unpaired) electrons. The normalized spacial score (nSPS) is 20.4. The summed E-state index contributed by atoms with van der Waals surface area (Å²) in [4.78, 5) is 25.2. The maximum atomic E-state index is 12.3. The van der Waals surface area contributed by atoms with E-state index in [-0.39, 0.29) is 23.6 Å². The van der Waals surface area contributed by atoms with Crippen molar-refractivity contribution in [3.05, 3.63) is 47.5 Å². The molecule has 0 spiro atoms. The first-order valence-electron chi connectivity index (χ1n) is 9.78. The van der Waals surface area contributed by atoms with Crippen LogP contribution in [0, 0.1) is 6.92 Å². The summed E-state index contributed by atoms with van der Waals surface area (Å²) in [6, 6.07) is 8.37. The zero-order valence-corrected chi connectivity index (χ0v) is 16.8. The molecule has 1 fully saturated rings. The Morgan fingerprint density at radius 1 is 1.30 bits per heavy atom. The lowest BCUT2D eigenvalue weighted by atomic mass is 10.0. The van der Waals surface area contributed by atoms with Gasteiger partial charge in [0.25, 0.3) is 0 Å². The van der Waals surface area contributed by atoms with Crippen molar-refractivity contribution in [1.29, 1.82) is 0 Å². The number of Topliss-reactive ketones (excluding diaryl/α,β-unsaturated/α-hetero) is 1. The van der Waals surface area contributed by atoms with Crippen LogP contribution in [0.3, 0.4) is 0 Å². The number of nitrogens with zero attached hydrogens (tertiary/aromatic N) is 1. The molecule has 2 atom stereocenters. The van der Waals surface area contributed by atoms with E-state index in [0.717, 1.165) is 37.9 Å². The highest BCUT2D eigenvalue weighted by Crippen LogP contribution is 2.26. The van der Waals surface area contributed by atoms with Crippen molar-refractivity contribution in [2.75, 3.05) is 13.1 Å². The summed E-state index contributed by atoms with van der Waals surface area (Å²) in [5.74, 6) is -0.483. The van der Waals surface area contributed by atoms with Gasteiger partial charge in [-0.2, -0.15) is 0 Å². The number of likely N-dealkylation sites (tertiary alicyclic amines) is 1. The number of unbranched alkanes of at least 4 members (excludes halogenated alkanes) is 1. The highest BCUT2D eigenvalue weighted by molar-refractivity contribution is 6.21. The van der Waals surface area contributed by atoms with Crippen molar-refractivity contribution in [1.82, 2.24) is 4.90 Å². The molecule has 1 aromatic rings. The van der Waals surface area contributed by atoms with Crippen LogP contribution in [0.2, 0.25) is 0 Å². The number of rotatable bonds is 11. The van der Waals surface area contributed by atoms with Gasteiger partial charge in [-0.15, -0.1) is 11.6 Å². The predicted octanol–water partition coefficient (Wildman–Crippen LogP) is 4.38. The molecule has 5 heteroatoms. The number of halogens is 1. The number of allylic oxidation sites excluding steroid dienone is 1. The Morgan fingerprint density at radius 3 is 2.85 bits per heavy atom. The van der Waals surface area contributed by atoms with E-state index >= 15 is 0 Å². The molecular weight excluding hydrogens is 362 g/mol. The van der Waals surface area contributed by atoms with Gasteiger partial charge < -0.3 is 5.11 Å². The molecule has 2 rings (SSSR count). The van der Waals surface area contributed by atoms with Crippen LogP contribution in [0.1, 0.15) is 49.7 Å². The summed E-state index contributed by atoms with van der Waals surface area (Å²) < 4.78 is 0. The highest BCUT2D eigenvalue weighted by Gasteiger charge is 2.31. The van der Waals surface area contributed by atoms with E-state index in [4.69, 9.17) is 16.7 Å². The molecule has 1 N–H and O–H groups in total. The zero-order chi connectivity index (χ0) is 19.6. The van der Waals surface area contributed by atoms with Crippen molar-refractivity contribution in [2.24, 2.45) is 0 Å². The molecule has 1 aromatic carbocycles. The average Bonchev–Trinajstić information content (AvgIpc) is 2.96. The van der Waals surface area contributed by atoms with Crippen LogP contribution >= 0.6 is 11.6 Å². The van der Waals surface area contributed by atoms with Gasteiger partial charge in [-0.25, -0.2) is 0 Å². The average molecular weight is 392 g/mol. The molecule has 0 aliphatic carbocycles. The molecule has 0 unspecified atom stereocenters. The van der Waals surface area contributed by atoms with Crippen LogP contribution in [0.15, 0.2) is 36.4 Å². The number of ketones is 1. The summed E-state index contributed by atoms with van der Waals surface area (Å²) in [7, 11) is 0. The molecule has 0 amide bonds. The van der Waals surface area contributed by atoms with E-state index in [1.165, 1.54) is 5.56 Å². The fraction of sp³-hybridized carbons (Fsp3) is 0.545. The Balaban J connectivity index is 1.74. The molecule has 0 aromatic heterocycles. The van der Waals surface area contributed by atoms with E-state index in [9.17, 15) is 9.59 Å². The molecule has 1 saturated heterocycles. The third-order valence-electron chi connectivity index (χ3n) is 5.05. The number of hydrogen-bond acceptors (Lipinski definition) is 3. The number of carbonyl (C=O) groups excluding carboxylic acids is 1. The minimum atomic E-state index is -0.749. The molecule has 0 bridgehead atoms. The fourth-order valence-electron chi connectivity index (χ4n) is 3.58. The number of alkyl halides is 1. The van der Waals surface area contributed by atoms with Gasteiger partial charge in [0.15, 0.2) is 0 Å². The molecule has 27 heavy (non-hydrogen) atoms. The molecule has 1 aliphatic rings. The number of hydrogen-bond donors (Lipinski definition) is 1. The maximum Gasteiger partial charge on any atom is 0.303 e. The highest BCUT2D eigenvalue weighted by atomic mass is 35.5. The standard InChI is InChI=1S/C22H30ClNO3/c1-17-7-6-8-18(15-17)16-19(25)11-13-24-14-12-20(23)21(24)9-4-2-3-5-10-22(26)27/h2,4,6-8,15,20-21H,3,5,9-14,16H2,1H3,(H,26,27)/t20-,21+/m1/s1. The minimum Gasteiger partial charge on any atom is -0.481 e. The molecule has 0 saturated carbocycles. The largest absolute Gasteiger partial charge is 0.481 e. The zero-order valence-electron chi connectivity index (χ0n) is 16.1. The summed E-state index contributed by atoms with van der Waals surface area (Å²) in [6.45, 7) is 3.73. The van der Waals surface area contributed by atoms with Gasteiger partial charge in [-0.05, 0) is 44.7 Å². The number of aryl methyl sites for hydroxylation is 1. The van der Waals surface area contributed by atoms with Crippen LogP contribution in [-0.2, 0) is 16.0 Å². The number of carboxylic acid groups (broad SMARTS) is 1.